The molecule has 0 atom stereocenters. The van der Waals surface area contributed by atoms with Crippen LogP contribution in [0, 0.1) is 0 Å². The van der Waals surface area contributed by atoms with E-state index in [4.69, 9.17) is 5.11 Å². The molecule has 5 heteroatoms. The smallest absolute Gasteiger partial charge is 0.341 e. The van der Waals surface area contributed by atoms with Gasteiger partial charge in [0.2, 0.25) is 0 Å². The molecule has 92 valence electrons. The summed E-state index contributed by atoms with van der Waals surface area (Å²) in [4.78, 5) is 22.6. The Morgan fingerprint density at radius 1 is 1.28 bits per heavy atom. The van der Waals surface area contributed by atoms with E-state index in [2.05, 4.69) is 15.9 Å². The van der Waals surface area contributed by atoms with Crippen LogP contribution in [0.3, 0.4) is 0 Å². The van der Waals surface area contributed by atoms with Crippen LogP contribution in [0.1, 0.15) is 10.4 Å². The van der Waals surface area contributed by atoms with E-state index in [0.29, 0.717) is 5.56 Å². The Kier molecular flexibility index (Phi) is 3.34. The zero-order valence-corrected chi connectivity index (χ0v) is 11.1. The number of aromatic nitrogens is 1. The van der Waals surface area contributed by atoms with Gasteiger partial charge in [0.05, 0.1) is 0 Å². The molecule has 1 aromatic carbocycles. The highest BCUT2D eigenvalue weighted by molar-refractivity contribution is 9.10. The Labute approximate surface area is 112 Å². The number of nitrogens with zero attached hydrogens (tertiary/aromatic N) is 1. The molecule has 2 rings (SSSR count). The maximum Gasteiger partial charge on any atom is 0.341 e. The Morgan fingerprint density at radius 2 is 2.00 bits per heavy atom. The fourth-order valence-electron chi connectivity index (χ4n) is 1.69. The molecule has 1 N–H and O–H groups in total. The Bertz CT molecular complexity index is 676. The van der Waals surface area contributed by atoms with Gasteiger partial charge in [0, 0.05) is 17.7 Å². The number of halogens is 1. The van der Waals surface area contributed by atoms with Gasteiger partial charge >= 0.3 is 5.97 Å². The lowest BCUT2D eigenvalue weighted by atomic mass is 10.1. The van der Waals surface area contributed by atoms with Crippen molar-refractivity contribution in [2.45, 2.75) is 0 Å². The highest BCUT2D eigenvalue weighted by Crippen LogP contribution is 2.22. The molecule has 2 aromatic rings. The van der Waals surface area contributed by atoms with Crippen molar-refractivity contribution in [3.8, 4) is 11.1 Å². The maximum absolute atomic E-state index is 11.6. The molecule has 0 aliphatic heterocycles. The third kappa shape index (κ3) is 2.36. The Balaban J connectivity index is 2.66. The highest BCUT2D eigenvalue weighted by Gasteiger charge is 2.12. The second-order valence-electron chi connectivity index (χ2n) is 3.87. The number of pyridine rings is 1. The summed E-state index contributed by atoms with van der Waals surface area (Å²) in [7, 11) is 1.54. The Hall–Kier alpha value is -1.88. The van der Waals surface area contributed by atoms with Crippen molar-refractivity contribution in [2.24, 2.45) is 7.05 Å². The molecule has 0 fully saturated rings. The van der Waals surface area contributed by atoms with Crippen molar-refractivity contribution < 1.29 is 9.90 Å². The van der Waals surface area contributed by atoms with Crippen molar-refractivity contribution in [1.29, 1.82) is 0 Å². The Morgan fingerprint density at radius 3 is 2.61 bits per heavy atom. The standard InChI is InChI=1S/C13H10BrNO3/c1-15-7-9(6-11(12(15)16)13(17)18)8-3-2-4-10(14)5-8/h2-7H,1H3,(H,17,18). The molecular weight excluding hydrogens is 298 g/mol. The van der Waals surface area contributed by atoms with E-state index in [-0.39, 0.29) is 5.56 Å². The number of aryl methyl sites for hydroxylation is 1. The van der Waals surface area contributed by atoms with E-state index in [1.54, 1.807) is 6.20 Å². The zero-order chi connectivity index (χ0) is 13.3. The lowest BCUT2D eigenvalue weighted by Crippen LogP contribution is -2.23. The van der Waals surface area contributed by atoms with Gasteiger partial charge in [-0.05, 0) is 29.3 Å². The highest BCUT2D eigenvalue weighted by atomic mass is 79.9. The monoisotopic (exact) mass is 307 g/mol. The van der Waals surface area contributed by atoms with Crippen molar-refractivity contribution in [1.82, 2.24) is 4.57 Å². The van der Waals surface area contributed by atoms with E-state index in [1.807, 2.05) is 24.3 Å². The average Bonchev–Trinajstić information content (AvgIpc) is 2.32. The molecule has 1 aromatic heterocycles. The number of aromatic carboxylic acids is 1. The predicted molar refractivity (Wildman–Crippen MR) is 71.8 cm³/mol. The first-order valence-electron chi connectivity index (χ1n) is 5.19. The van der Waals surface area contributed by atoms with Crippen LogP contribution >= 0.6 is 15.9 Å². The number of benzene rings is 1. The molecule has 0 aliphatic rings. The summed E-state index contributed by atoms with van der Waals surface area (Å²) in [6, 6.07) is 8.85. The van der Waals surface area contributed by atoms with Gasteiger partial charge in [-0.2, -0.15) is 0 Å². The van der Waals surface area contributed by atoms with Gasteiger partial charge in [0.15, 0.2) is 0 Å². The number of hydrogen-bond donors (Lipinski definition) is 1. The number of hydrogen-bond acceptors (Lipinski definition) is 2. The van der Waals surface area contributed by atoms with Gasteiger partial charge < -0.3 is 9.67 Å². The molecule has 0 amide bonds. The largest absolute Gasteiger partial charge is 0.477 e. The summed E-state index contributed by atoms with van der Waals surface area (Å²) in [5, 5.41) is 8.99. The normalized spacial score (nSPS) is 10.3. The fraction of sp³-hybridized carbons (Fsp3) is 0.0769. The SMILES string of the molecule is Cn1cc(-c2cccc(Br)c2)cc(C(=O)O)c1=O. The van der Waals surface area contributed by atoms with Crippen molar-refractivity contribution in [3.05, 3.63) is 56.9 Å². The summed E-state index contributed by atoms with van der Waals surface area (Å²) < 4.78 is 2.17. The average molecular weight is 308 g/mol. The maximum atomic E-state index is 11.6. The first-order chi connectivity index (χ1) is 8.49. The number of carboxylic acid groups (broad SMARTS) is 1. The van der Waals surface area contributed by atoms with E-state index in [0.717, 1.165) is 10.0 Å². The molecular formula is C13H10BrNO3. The van der Waals surface area contributed by atoms with E-state index in [9.17, 15) is 9.59 Å². The van der Waals surface area contributed by atoms with Crippen LogP contribution in [0.25, 0.3) is 11.1 Å². The molecule has 0 saturated carbocycles. The van der Waals surface area contributed by atoms with Gasteiger partial charge in [0.1, 0.15) is 5.56 Å². The lowest BCUT2D eigenvalue weighted by Gasteiger charge is -2.06. The van der Waals surface area contributed by atoms with Crippen molar-refractivity contribution >= 4 is 21.9 Å². The minimum Gasteiger partial charge on any atom is -0.477 e. The molecule has 0 spiro atoms. The predicted octanol–water partition coefficient (Wildman–Crippen LogP) is 2.51. The fourth-order valence-corrected chi connectivity index (χ4v) is 2.09. The summed E-state index contributed by atoms with van der Waals surface area (Å²) in [6.45, 7) is 0. The van der Waals surface area contributed by atoms with E-state index < -0.39 is 11.5 Å². The zero-order valence-electron chi connectivity index (χ0n) is 9.55. The molecule has 0 aliphatic carbocycles. The van der Waals surface area contributed by atoms with Gasteiger partial charge in [-0.1, -0.05) is 28.1 Å². The van der Waals surface area contributed by atoms with E-state index >= 15 is 0 Å². The first-order valence-corrected chi connectivity index (χ1v) is 5.98. The second-order valence-corrected chi connectivity index (χ2v) is 4.79. The van der Waals surface area contributed by atoms with E-state index in [1.165, 1.54) is 17.7 Å². The molecule has 1 heterocycles. The van der Waals surface area contributed by atoms with Gasteiger partial charge in [-0.3, -0.25) is 4.79 Å². The van der Waals surface area contributed by atoms with Crippen LogP contribution in [0.15, 0.2) is 45.8 Å². The lowest BCUT2D eigenvalue weighted by molar-refractivity contribution is 0.0694. The van der Waals surface area contributed by atoms with Crippen molar-refractivity contribution in [3.63, 3.8) is 0 Å². The van der Waals surface area contributed by atoms with Gasteiger partial charge in [-0.15, -0.1) is 0 Å². The summed E-state index contributed by atoms with van der Waals surface area (Å²) >= 11 is 3.36. The first kappa shape index (κ1) is 12.6. The van der Waals surface area contributed by atoms with Gasteiger partial charge in [0.25, 0.3) is 5.56 Å². The molecule has 0 unspecified atom stereocenters. The topological polar surface area (TPSA) is 59.3 Å². The molecule has 0 saturated heterocycles. The van der Waals surface area contributed by atoms with Crippen LogP contribution in [0.5, 0.6) is 0 Å². The van der Waals surface area contributed by atoms with Crippen molar-refractivity contribution in [2.75, 3.05) is 0 Å². The van der Waals surface area contributed by atoms with Gasteiger partial charge in [-0.25, -0.2) is 4.79 Å². The van der Waals surface area contributed by atoms with Crippen LogP contribution in [0.2, 0.25) is 0 Å². The molecule has 4 nitrogen and oxygen atoms in total. The quantitative estimate of drug-likeness (QED) is 0.927. The summed E-state index contributed by atoms with van der Waals surface area (Å²) in [5.74, 6) is -1.22. The minimum absolute atomic E-state index is 0.227. The minimum atomic E-state index is -1.22. The molecule has 0 bridgehead atoms. The molecule has 0 radical (unpaired) electrons. The number of carboxylic acids is 1. The van der Waals surface area contributed by atoms with Crippen LogP contribution in [-0.2, 0) is 7.05 Å². The number of rotatable bonds is 2. The second kappa shape index (κ2) is 4.78. The number of carbonyl (C=O) groups is 1. The third-order valence-corrected chi connectivity index (χ3v) is 3.06. The van der Waals surface area contributed by atoms with Crippen LogP contribution in [-0.4, -0.2) is 15.6 Å². The summed E-state index contributed by atoms with van der Waals surface area (Å²) in [6.07, 6.45) is 1.62. The van der Waals surface area contributed by atoms with Crippen LogP contribution in [0.4, 0.5) is 0 Å². The van der Waals surface area contributed by atoms with Crippen LogP contribution < -0.4 is 5.56 Å². The molecule has 18 heavy (non-hydrogen) atoms. The summed E-state index contributed by atoms with van der Waals surface area (Å²) in [5.41, 5.74) is 0.800. The third-order valence-electron chi connectivity index (χ3n) is 2.57.